The Hall–Kier alpha value is -1.62. The predicted molar refractivity (Wildman–Crippen MR) is 49.8 cm³/mol. The molecule has 0 spiro atoms. The number of aromatic hydroxyl groups is 1. The number of halogens is 1. The summed E-state index contributed by atoms with van der Waals surface area (Å²) < 4.78 is 0. The summed E-state index contributed by atoms with van der Waals surface area (Å²) in [6.45, 7) is 1.20. The van der Waals surface area contributed by atoms with Crippen molar-refractivity contribution in [1.29, 1.82) is 0 Å². The average molecular weight is 216 g/mol. The van der Waals surface area contributed by atoms with Gasteiger partial charge in [0.25, 0.3) is 5.69 Å². The third kappa shape index (κ3) is 1.82. The van der Waals surface area contributed by atoms with Crippen molar-refractivity contribution in [3.63, 3.8) is 0 Å². The number of phenolic OH excluding ortho intramolecular Hbond substituents is 1. The number of hydrogen-bond donors (Lipinski definition) is 1. The Kier molecular flexibility index (Phi) is 2.71. The average Bonchev–Trinajstić information content (AvgIpc) is 2.02. The fourth-order valence-corrected chi connectivity index (χ4v) is 1.20. The highest BCUT2D eigenvalue weighted by molar-refractivity contribution is 6.33. The summed E-state index contributed by atoms with van der Waals surface area (Å²) in [4.78, 5) is 20.6. The molecule has 0 unspecified atom stereocenters. The molecule has 1 aromatic rings. The highest BCUT2D eigenvalue weighted by Gasteiger charge is 2.18. The zero-order chi connectivity index (χ0) is 10.9. The second-order valence-electron chi connectivity index (χ2n) is 2.63. The molecule has 0 atom stereocenters. The summed E-state index contributed by atoms with van der Waals surface area (Å²) in [5, 5.41) is 19.5. The minimum absolute atomic E-state index is 0.110. The Balaban J connectivity index is 3.42. The van der Waals surface area contributed by atoms with E-state index in [1.807, 2.05) is 0 Å². The number of benzene rings is 1. The Labute approximate surface area is 84.1 Å². The first-order valence-corrected chi connectivity index (χ1v) is 3.99. The molecule has 1 N–H and O–H groups in total. The number of ketones is 1. The molecule has 0 aliphatic heterocycles. The van der Waals surface area contributed by atoms with Gasteiger partial charge in [0.1, 0.15) is 10.8 Å². The summed E-state index contributed by atoms with van der Waals surface area (Å²) in [7, 11) is 0. The molecule has 0 saturated heterocycles. The van der Waals surface area contributed by atoms with Gasteiger partial charge >= 0.3 is 0 Å². The van der Waals surface area contributed by atoms with Gasteiger partial charge in [0.15, 0.2) is 5.78 Å². The van der Waals surface area contributed by atoms with Gasteiger partial charge in [-0.1, -0.05) is 11.6 Å². The summed E-state index contributed by atoms with van der Waals surface area (Å²) in [5.74, 6) is -0.810. The fraction of sp³-hybridized carbons (Fsp3) is 0.125. The van der Waals surface area contributed by atoms with Crippen LogP contribution in [0.25, 0.3) is 0 Å². The maximum Gasteiger partial charge on any atom is 0.288 e. The summed E-state index contributed by atoms with van der Waals surface area (Å²) in [6, 6.07) is 1.94. The van der Waals surface area contributed by atoms with Crippen LogP contribution in [0.15, 0.2) is 12.1 Å². The number of phenols is 1. The van der Waals surface area contributed by atoms with Crippen molar-refractivity contribution in [2.24, 2.45) is 0 Å². The molecule has 0 saturated carbocycles. The largest absolute Gasteiger partial charge is 0.507 e. The van der Waals surface area contributed by atoms with Crippen LogP contribution in [0.5, 0.6) is 5.75 Å². The van der Waals surface area contributed by atoms with Gasteiger partial charge < -0.3 is 5.11 Å². The van der Waals surface area contributed by atoms with Crippen molar-refractivity contribution >= 4 is 23.1 Å². The minimum atomic E-state index is -0.714. The molecule has 1 rings (SSSR count). The molecule has 0 aliphatic rings. The molecule has 6 heteroatoms. The van der Waals surface area contributed by atoms with Crippen LogP contribution in [-0.2, 0) is 0 Å². The molecule has 14 heavy (non-hydrogen) atoms. The predicted octanol–water partition coefficient (Wildman–Crippen LogP) is 2.16. The SMILES string of the molecule is CC(=O)c1cc([N+](=O)[O-])c(Cl)cc1O. The van der Waals surface area contributed by atoms with Crippen LogP contribution in [0.2, 0.25) is 5.02 Å². The minimum Gasteiger partial charge on any atom is -0.507 e. The summed E-state index contributed by atoms with van der Waals surface area (Å²) >= 11 is 5.49. The van der Waals surface area contributed by atoms with E-state index in [1.54, 1.807) is 0 Å². The van der Waals surface area contributed by atoms with Gasteiger partial charge in [-0.3, -0.25) is 14.9 Å². The van der Waals surface area contributed by atoms with Gasteiger partial charge in [0.05, 0.1) is 10.5 Å². The highest BCUT2D eigenvalue weighted by atomic mass is 35.5. The van der Waals surface area contributed by atoms with Crippen LogP contribution < -0.4 is 0 Å². The quantitative estimate of drug-likeness (QED) is 0.466. The number of nitro groups is 1. The van der Waals surface area contributed by atoms with Crippen molar-refractivity contribution in [3.05, 3.63) is 32.8 Å². The lowest BCUT2D eigenvalue weighted by Crippen LogP contribution is -1.96. The fourth-order valence-electron chi connectivity index (χ4n) is 0.973. The van der Waals surface area contributed by atoms with Crippen molar-refractivity contribution in [2.45, 2.75) is 6.92 Å². The second-order valence-corrected chi connectivity index (χ2v) is 3.04. The van der Waals surface area contributed by atoms with Crippen LogP contribution in [0.4, 0.5) is 5.69 Å². The van der Waals surface area contributed by atoms with Crippen molar-refractivity contribution in [1.82, 2.24) is 0 Å². The Morgan fingerprint density at radius 1 is 1.57 bits per heavy atom. The molecule has 0 amide bonds. The van der Waals surface area contributed by atoms with Crippen LogP contribution >= 0.6 is 11.6 Å². The zero-order valence-corrected chi connectivity index (χ0v) is 7.91. The monoisotopic (exact) mass is 215 g/mol. The maximum absolute atomic E-state index is 10.9. The van der Waals surface area contributed by atoms with Crippen LogP contribution in [0.1, 0.15) is 17.3 Å². The molecule has 0 heterocycles. The van der Waals surface area contributed by atoms with Gasteiger partial charge in [-0.05, 0) is 6.92 Å². The zero-order valence-electron chi connectivity index (χ0n) is 7.15. The lowest BCUT2D eigenvalue weighted by Gasteiger charge is -2.01. The first-order valence-electron chi connectivity index (χ1n) is 3.61. The summed E-state index contributed by atoms with van der Waals surface area (Å²) in [5.41, 5.74) is -0.504. The molecule has 0 radical (unpaired) electrons. The number of nitro benzene ring substituents is 1. The normalized spacial score (nSPS) is 9.86. The first kappa shape index (κ1) is 10.5. The van der Waals surface area contributed by atoms with Crippen molar-refractivity contribution in [2.75, 3.05) is 0 Å². The topological polar surface area (TPSA) is 80.4 Å². The van der Waals surface area contributed by atoms with E-state index in [-0.39, 0.29) is 16.3 Å². The third-order valence-corrected chi connectivity index (χ3v) is 1.94. The van der Waals surface area contributed by atoms with E-state index in [0.717, 1.165) is 12.1 Å². The Bertz CT molecular complexity index is 381. The highest BCUT2D eigenvalue weighted by Crippen LogP contribution is 2.31. The Morgan fingerprint density at radius 2 is 2.14 bits per heavy atom. The van der Waals surface area contributed by atoms with Gasteiger partial charge in [0, 0.05) is 12.1 Å². The number of nitrogens with zero attached hydrogens (tertiary/aromatic N) is 1. The molecule has 5 nitrogen and oxygen atoms in total. The molecule has 0 aromatic heterocycles. The van der Waals surface area contributed by atoms with E-state index >= 15 is 0 Å². The number of carbonyl (C=O) groups is 1. The van der Waals surface area contributed by atoms with Crippen LogP contribution in [0, 0.1) is 10.1 Å². The molecular formula is C8H6ClNO4. The van der Waals surface area contributed by atoms with E-state index in [2.05, 4.69) is 0 Å². The van der Waals surface area contributed by atoms with Gasteiger partial charge in [-0.25, -0.2) is 0 Å². The third-order valence-electron chi connectivity index (χ3n) is 1.64. The van der Waals surface area contributed by atoms with E-state index in [1.165, 1.54) is 6.92 Å². The molecule has 0 aliphatic carbocycles. The number of Topliss-reactive ketones (excluding diaryl/α,β-unsaturated/α-hetero) is 1. The maximum atomic E-state index is 10.9. The van der Waals surface area contributed by atoms with E-state index in [9.17, 15) is 20.0 Å². The smallest absolute Gasteiger partial charge is 0.288 e. The molecule has 1 aromatic carbocycles. The van der Waals surface area contributed by atoms with Gasteiger partial charge in [-0.2, -0.15) is 0 Å². The van der Waals surface area contributed by atoms with Gasteiger partial charge in [-0.15, -0.1) is 0 Å². The van der Waals surface area contributed by atoms with Crippen molar-refractivity contribution < 1.29 is 14.8 Å². The number of rotatable bonds is 2. The Morgan fingerprint density at radius 3 is 2.57 bits per heavy atom. The second kappa shape index (κ2) is 3.63. The van der Waals surface area contributed by atoms with Gasteiger partial charge in [0.2, 0.25) is 0 Å². The van der Waals surface area contributed by atoms with E-state index in [4.69, 9.17) is 11.6 Å². The first-order chi connectivity index (χ1) is 6.43. The molecular weight excluding hydrogens is 210 g/mol. The standard InChI is InChI=1S/C8H6ClNO4/c1-4(11)5-2-7(10(13)14)6(9)3-8(5)12/h2-3,12H,1H3. The van der Waals surface area contributed by atoms with E-state index in [0.29, 0.717) is 0 Å². The lowest BCUT2D eigenvalue weighted by atomic mass is 10.1. The summed E-state index contributed by atoms with van der Waals surface area (Å²) in [6.07, 6.45) is 0. The van der Waals surface area contributed by atoms with E-state index < -0.39 is 16.4 Å². The molecule has 0 fully saturated rings. The van der Waals surface area contributed by atoms with Crippen molar-refractivity contribution in [3.8, 4) is 5.75 Å². The molecule has 0 bridgehead atoms. The van der Waals surface area contributed by atoms with Crippen LogP contribution in [-0.4, -0.2) is 15.8 Å². The van der Waals surface area contributed by atoms with Crippen LogP contribution in [0.3, 0.4) is 0 Å². The lowest BCUT2D eigenvalue weighted by molar-refractivity contribution is -0.384. The number of hydrogen-bond acceptors (Lipinski definition) is 4. The molecule has 74 valence electrons. The number of carbonyl (C=O) groups excluding carboxylic acids is 1.